The fourth-order valence-corrected chi connectivity index (χ4v) is 4.87. The van der Waals surface area contributed by atoms with Crippen molar-refractivity contribution in [3.05, 3.63) is 35.9 Å². The number of aliphatic carboxylic acids is 1. The summed E-state index contributed by atoms with van der Waals surface area (Å²) in [6.07, 6.45) is 3.11. The van der Waals surface area contributed by atoms with E-state index in [0.717, 1.165) is 29.7 Å². The Hall–Kier alpha value is -2.17. The van der Waals surface area contributed by atoms with Crippen molar-refractivity contribution >= 4 is 17.8 Å². The van der Waals surface area contributed by atoms with Gasteiger partial charge in [-0.25, -0.2) is 4.79 Å². The molecular weight excluding hydrogens is 294 g/mol. The number of hydrogen-bond acceptors (Lipinski definition) is 3. The summed E-state index contributed by atoms with van der Waals surface area (Å²) in [5.41, 5.74) is 0.820. The molecule has 2 saturated carbocycles. The molecule has 5 heteroatoms. The highest BCUT2D eigenvalue weighted by molar-refractivity contribution is 6.08. The minimum absolute atomic E-state index is 0.169. The molecule has 1 aromatic carbocycles. The predicted octanol–water partition coefficient (Wildman–Crippen LogP) is 1.71. The van der Waals surface area contributed by atoms with E-state index in [9.17, 15) is 19.5 Å². The van der Waals surface area contributed by atoms with Crippen LogP contribution in [0.2, 0.25) is 0 Å². The SMILES string of the molecule is O=C(O)[C@H](Cc1ccccc1)N1C(=O)[C@H]2[C@@H]3CC[C@@H](C3)[C@@H]2C1=O. The average Bonchev–Trinajstić information content (AvgIpc) is 3.21. The van der Waals surface area contributed by atoms with Crippen molar-refractivity contribution < 1.29 is 19.5 Å². The third kappa shape index (κ3) is 2.10. The molecule has 3 fully saturated rings. The lowest BCUT2D eigenvalue weighted by molar-refractivity contribution is -0.155. The van der Waals surface area contributed by atoms with E-state index in [0.29, 0.717) is 0 Å². The van der Waals surface area contributed by atoms with Crippen LogP contribution in [0.3, 0.4) is 0 Å². The van der Waals surface area contributed by atoms with Gasteiger partial charge in [0.05, 0.1) is 11.8 Å². The molecule has 0 unspecified atom stereocenters. The Morgan fingerprint density at radius 3 is 2.17 bits per heavy atom. The summed E-state index contributed by atoms with van der Waals surface area (Å²) in [5.74, 6) is -1.60. The molecule has 2 bridgehead atoms. The first-order chi connectivity index (χ1) is 11.1. The van der Waals surface area contributed by atoms with Gasteiger partial charge in [0.15, 0.2) is 0 Å². The second-order valence-electron chi connectivity index (χ2n) is 6.98. The average molecular weight is 313 g/mol. The molecule has 0 aromatic heterocycles. The third-order valence-electron chi connectivity index (χ3n) is 5.83. The fourth-order valence-electron chi connectivity index (χ4n) is 4.87. The van der Waals surface area contributed by atoms with Gasteiger partial charge in [0.1, 0.15) is 6.04 Å². The van der Waals surface area contributed by atoms with E-state index in [1.54, 1.807) is 0 Å². The molecule has 5 atom stereocenters. The molecule has 0 radical (unpaired) electrons. The van der Waals surface area contributed by atoms with Crippen LogP contribution in [-0.4, -0.2) is 33.8 Å². The summed E-state index contributed by atoms with van der Waals surface area (Å²) in [7, 11) is 0. The summed E-state index contributed by atoms with van der Waals surface area (Å²) in [6, 6.07) is 8.07. The predicted molar refractivity (Wildman–Crippen MR) is 81.2 cm³/mol. The van der Waals surface area contributed by atoms with E-state index in [2.05, 4.69) is 0 Å². The van der Waals surface area contributed by atoms with E-state index < -0.39 is 12.0 Å². The monoisotopic (exact) mass is 313 g/mol. The highest BCUT2D eigenvalue weighted by Crippen LogP contribution is 2.56. The number of carboxylic acid groups (broad SMARTS) is 1. The number of amides is 2. The van der Waals surface area contributed by atoms with Gasteiger partial charge in [-0.3, -0.25) is 14.5 Å². The van der Waals surface area contributed by atoms with Gasteiger partial charge in [0.25, 0.3) is 0 Å². The van der Waals surface area contributed by atoms with Crippen molar-refractivity contribution in [3.63, 3.8) is 0 Å². The molecule has 1 aliphatic heterocycles. The lowest BCUT2D eigenvalue weighted by Crippen LogP contribution is -2.47. The van der Waals surface area contributed by atoms with Gasteiger partial charge in [0.2, 0.25) is 11.8 Å². The summed E-state index contributed by atoms with van der Waals surface area (Å²) < 4.78 is 0. The van der Waals surface area contributed by atoms with Crippen LogP contribution in [0.1, 0.15) is 24.8 Å². The molecule has 1 saturated heterocycles. The second-order valence-corrected chi connectivity index (χ2v) is 6.98. The first kappa shape index (κ1) is 14.4. The summed E-state index contributed by atoms with van der Waals surface area (Å²) in [4.78, 5) is 38.3. The van der Waals surface area contributed by atoms with Crippen LogP contribution in [0.4, 0.5) is 0 Å². The zero-order valence-electron chi connectivity index (χ0n) is 12.7. The molecule has 1 aromatic rings. The van der Waals surface area contributed by atoms with E-state index in [1.165, 1.54) is 0 Å². The molecular formula is C18H19NO4. The molecule has 5 nitrogen and oxygen atoms in total. The maximum atomic E-state index is 12.8. The summed E-state index contributed by atoms with van der Waals surface area (Å²) >= 11 is 0. The number of nitrogens with zero attached hydrogens (tertiary/aromatic N) is 1. The van der Waals surface area contributed by atoms with Crippen LogP contribution in [-0.2, 0) is 20.8 Å². The molecule has 2 aliphatic carbocycles. The van der Waals surface area contributed by atoms with Gasteiger partial charge < -0.3 is 5.11 Å². The van der Waals surface area contributed by atoms with Gasteiger partial charge in [-0.15, -0.1) is 0 Å². The van der Waals surface area contributed by atoms with E-state index in [-0.39, 0.29) is 41.9 Å². The normalized spacial score (nSPS) is 33.1. The number of likely N-dealkylation sites (tertiary alicyclic amines) is 1. The lowest BCUT2D eigenvalue weighted by atomic mass is 9.81. The van der Waals surface area contributed by atoms with Crippen molar-refractivity contribution in [2.75, 3.05) is 0 Å². The number of hydrogen-bond donors (Lipinski definition) is 1. The van der Waals surface area contributed by atoms with Crippen LogP contribution in [0, 0.1) is 23.7 Å². The Kier molecular flexibility index (Phi) is 3.25. The minimum atomic E-state index is -1.11. The molecule has 23 heavy (non-hydrogen) atoms. The van der Waals surface area contributed by atoms with Gasteiger partial charge in [0, 0.05) is 6.42 Å². The summed E-state index contributed by atoms with van der Waals surface area (Å²) in [5, 5.41) is 9.60. The molecule has 4 rings (SSSR count). The first-order valence-electron chi connectivity index (χ1n) is 8.21. The number of imide groups is 1. The van der Waals surface area contributed by atoms with E-state index >= 15 is 0 Å². The quantitative estimate of drug-likeness (QED) is 0.859. The van der Waals surface area contributed by atoms with Crippen LogP contribution in [0.25, 0.3) is 0 Å². The Labute approximate surface area is 134 Å². The third-order valence-corrected chi connectivity index (χ3v) is 5.83. The van der Waals surface area contributed by atoms with Crippen molar-refractivity contribution in [2.24, 2.45) is 23.7 Å². The summed E-state index contributed by atoms with van der Waals surface area (Å²) in [6.45, 7) is 0. The molecule has 120 valence electrons. The molecule has 1 heterocycles. The standard InChI is InChI=1S/C18H19NO4/c20-16-14-11-6-7-12(9-11)15(14)17(21)19(16)13(18(22)23)8-10-4-2-1-3-5-10/h1-5,11-15H,6-9H2,(H,22,23)/t11-,12+,13-,14-,15-/m0/s1. The van der Waals surface area contributed by atoms with Gasteiger partial charge in [-0.05, 0) is 36.7 Å². The van der Waals surface area contributed by atoms with Gasteiger partial charge >= 0.3 is 5.97 Å². The largest absolute Gasteiger partial charge is 0.480 e. The number of carbonyl (C=O) groups excluding carboxylic acids is 2. The van der Waals surface area contributed by atoms with E-state index in [1.807, 2.05) is 30.3 Å². The highest BCUT2D eigenvalue weighted by Gasteiger charge is 2.62. The van der Waals surface area contributed by atoms with Gasteiger partial charge in [-0.1, -0.05) is 30.3 Å². The highest BCUT2D eigenvalue weighted by atomic mass is 16.4. The Balaban J connectivity index is 1.63. The van der Waals surface area contributed by atoms with Crippen molar-refractivity contribution in [3.8, 4) is 0 Å². The van der Waals surface area contributed by atoms with Crippen molar-refractivity contribution in [1.82, 2.24) is 4.90 Å². The molecule has 2 amide bonds. The molecule has 3 aliphatic rings. The Morgan fingerprint density at radius 1 is 1.09 bits per heavy atom. The first-order valence-corrected chi connectivity index (χ1v) is 8.21. The van der Waals surface area contributed by atoms with Crippen LogP contribution in [0.15, 0.2) is 30.3 Å². The van der Waals surface area contributed by atoms with Gasteiger partial charge in [-0.2, -0.15) is 0 Å². The zero-order chi connectivity index (χ0) is 16.1. The number of rotatable bonds is 4. The van der Waals surface area contributed by atoms with Crippen molar-refractivity contribution in [2.45, 2.75) is 31.7 Å². The second kappa shape index (κ2) is 5.18. The number of benzene rings is 1. The smallest absolute Gasteiger partial charge is 0.327 e. The maximum absolute atomic E-state index is 12.8. The maximum Gasteiger partial charge on any atom is 0.327 e. The molecule has 1 N–H and O–H groups in total. The Morgan fingerprint density at radius 2 is 1.65 bits per heavy atom. The molecule has 0 spiro atoms. The van der Waals surface area contributed by atoms with Crippen LogP contribution in [0.5, 0.6) is 0 Å². The van der Waals surface area contributed by atoms with Crippen molar-refractivity contribution in [1.29, 1.82) is 0 Å². The van der Waals surface area contributed by atoms with Crippen LogP contribution >= 0.6 is 0 Å². The topological polar surface area (TPSA) is 74.7 Å². The number of fused-ring (bicyclic) bond motifs is 5. The lowest BCUT2D eigenvalue weighted by Gasteiger charge is -2.24. The van der Waals surface area contributed by atoms with Crippen LogP contribution < -0.4 is 0 Å². The number of carbonyl (C=O) groups is 3. The van der Waals surface area contributed by atoms with E-state index in [4.69, 9.17) is 0 Å². The zero-order valence-corrected chi connectivity index (χ0v) is 12.7. The minimum Gasteiger partial charge on any atom is -0.480 e. The Bertz CT molecular complexity index is 643. The fraction of sp³-hybridized carbons (Fsp3) is 0.500. The number of carboxylic acids is 1.